The molecule has 0 bridgehead atoms. The quantitative estimate of drug-likeness (QED) is 0.430. The van der Waals surface area contributed by atoms with Crippen LogP contribution in [0.3, 0.4) is 0 Å². The van der Waals surface area contributed by atoms with Gasteiger partial charge in [-0.05, 0) is 42.0 Å². The summed E-state index contributed by atoms with van der Waals surface area (Å²) in [6.45, 7) is 0.0183. The van der Waals surface area contributed by atoms with Crippen molar-refractivity contribution in [3.63, 3.8) is 0 Å². The van der Waals surface area contributed by atoms with Crippen molar-refractivity contribution in [2.24, 2.45) is 0 Å². The molecule has 1 amide bonds. The predicted octanol–water partition coefficient (Wildman–Crippen LogP) is 4.51. The highest BCUT2D eigenvalue weighted by atomic mass is 32.1. The van der Waals surface area contributed by atoms with Gasteiger partial charge in [0, 0.05) is 6.54 Å². The van der Waals surface area contributed by atoms with Gasteiger partial charge < -0.3 is 14.8 Å². The molecule has 2 heterocycles. The van der Waals surface area contributed by atoms with Gasteiger partial charge in [-0.1, -0.05) is 24.3 Å². The number of ether oxygens (including phenoxy) is 2. The number of methoxy groups -OCH3 is 1. The number of para-hydroxylation sites is 1. The Labute approximate surface area is 181 Å². The third-order valence-corrected chi connectivity index (χ3v) is 6.57. The van der Waals surface area contributed by atoms with Crippen molar-refractivity contribution in [3.8, 4) is 15.6 Å². The number of nitrogens with one attached hydrogen (secondary N) is 1. The number of thiophene rings is 1. The molecular formula is C22H18N2O4S2. The summed E-state index contributed by atoms with van der Waals surface area (Å²) in [7, 11) is 1.60. The number of fused-ring (bicyclic) bond motifs is 1. The van der Waals surface area contributed by atoms with E-state index in [1.54, 1.807) is 24.5 Å². The van der Waals surface area contributed by atoms with E-state index in [9.17, 15) is 9.59 Å². The van der Waals surface area contributed by atoms with Gasteiger partial charge in [-0.2, -0.15) is 0 Å². The van der Waals surface area contributed by atoms with Crippen molar-refractivity contribution in [2.45, 2.75) is 6.54 Å². The molecule has 0 radical (unpaired) electrons. The summed E-state index contributed by atoms with van der Waals surface area (Å²) < 4.78 is 11.3. The molecule has 0 saturated carbocycles. The fourth-order valence-corrected chi connectivity index (χ4v) is 4.66. The second-order valence-electron chi connectivity index (χ2n) is 6.35. The number of amides is 1. The lowest BCUT2D eigenvalue weighted by Gasteiger charge is -2.07. The van der Waals surface area contributed by atoms with Gasteiger partial charge >= 0.3 is 5.97 Å². The van der Waals surface area contributed by atoms with Gasteiger partial charge in [0.15, 0.2) is 6.61 Å². The molecule has 152 valence electrons. The molecule has 0 aliphatic heterocycles. The molecule has 2 aromatic carbocycles. The zero-order valence-corrected chi connectivity index (χ0v) is 17.7. The van der Waals surface area contributed by atoms with Gasteiger partial charge in [0.25, 0.3) is 5.91 Å². The Bertz CT molecular complexity index is 1150. The Balaban J connectivity index is 1.30. The van der Waals surface area contributed by atoms with Crippen molar-refractivity contribution in [1.82, 2.24) is 10.3 Å². The van der Waals surface area contributed by atoms with Gasteiger partial charge in [0.05, 0.1) is 22.2 Å². The number of aromatic nitrogens is 1. The van der Waals surface area contributed by atoms with Crippen molar-refractivity contribution >= 4 is 44.8 Å². The Kier molecular flexibility index (Phi) is 6.06. The maximum absolute atomic E-state index is 12.3. The minimum Gasteiger partial charge on any atom is -0.497 e. The zero-order valence-electron chi connectivity index (χ0n) is 16.1. The lowest BCUT2D eigenvalue weighted by molar-refractivity contribution is -0.124. The van der Waals surface area contributed by atoms with E-state index >= 15 is 0 Å². The number of esters is 1. The van der Waals surface area contributed by atoms with Crippen LogP contribution >= 0.6 is 22.7 Å². The van der Waals surface area contributed by atoms with Crippen molar-refractivity contribution in [3.05, 3.63) is 71.1 Å². The standard InChI is InChI=1S/C22H18N2O4S2/c1-27-15-8-6-14(7-9-15)12-23-20(25)13-28-22(26)19-11-10-18(29-19)21-24-16-4-2-3-5-17(16)30-21/h2-11H,12-13H2,1H3,(H,23,25). The van der Waals surface area contributed by atoms with E-state index in [1.165, 1.54) is 11.3 Å². The normalized spacial score (nSPS) is 10.7. The first-order valence-corrected chi connectivity index (χ1v) is 10.8. The maximum Gasteiger partial charge on any atom is 0.348 e. The topological polar surface area (TPSA) is 77.5 Å². The van der Waals surface area contributed by atoms with Gasteiger partial charge in [-0.3, -0.25) is 4.79 Å². The molecule has 0 atom stereocenters. The molecular weight excluding hydrogens is 420 g/mol. The van der Waals surface area contributed by atoms with Crippen LogP contribution in [0, 0.1) is 0 Å². The maximum atomic E-state index is 12.3. The van der Waals surface area contributed by atoms with Crippen molar-refractivity contribution < 1.29 is 19.1 Å². The van der Waals surface area contributed by atoms with Crippen LogP contribution in [0.1, 0.15) is 15.2 Å². The summed E-state index contributed by atoms with van der Waals surface area (Å²) in [6, 6.07) is 18.8. The van der Waals surface area contributed by atoms with E-state index in [1.807, 2.05) is 54.6 Å². The van der Waals surface area contributed by atoms with E-state index in [0.29, 0.717) is 11.4 Å². The molecule has 0 saturated heterocycles. The Morgan fingerprint density at radius 3 is 2.57 bits per heavy atom. The summed E-state index contributed by atoms with van der Waals surface area (Å²) in [5.41, 5.74) is 1.86. The minimum absolute atomic E-state index is 0.330. The number of thiazole rings is 1. The highest BCUT2D eigenvalue weighted by molar-refractivity contribution is 7.26. The predicted molar refractivity (Wildman–Crippen MR) is 118 cm³/mol. The Morgan fingerprint density at radius 1 is 1.00 bits per heavy atom. The van der Waals surface area contributed by atoms with Crippen LogP contribution in [0.4, 0.5) is 0 Å². The van der Waals surface area contributed by atoms with E-state index in [0.717, 1.165) is 31.4 Å². The van der Waals surface area contributed by atoms with Crippen LogP contribution in [0.5, 0.6) is 5.75 Å². The summed E-state index contributed by atoms with van der Waals surface area (Å²) in [5, 5.41) is 3.59. The van der Waals surface area contributed by atoms with Crippen molar-refractivity contribution in [1.29, 1.82) is 0 Å². The first-order chi connectivity index (χ1) is 14.6. The molecule has 30 heavy (non-hydrogen) atoms. The van der Waals surface area contributed by atoms with Crippen LogP contribution in [-0.4, -0.2) is 30.6 Å². The first kappa shape index (κ1) is 20.1. The number of carbonyl (C=O) groups excluding carboxylic acids is 2. The smallest absolute Gasteiger partial charge is 0.348 e. The van der Waals surface area contributed by atoms with Crippen LogP contribution in [0.25, 0.3) is 20.1 Å². The molecule has 4 aromatic rings. The van der Waals surface area contributed by atoms with Gasteiger partial charge in [-0.15, -0.1) is 22.7 Å². The molecule has 0 aliphatic rings. The summed E-state index contributed by atoms with van der Waals surface area (Å²) in [6.07, 6.45) is 0. The highest BCUT2D eigenvalue weighted by Gasteiger charge is 2.15. The zero-order chi connectivity index (χ0) is 20.9. The Hall–Kier alpha value is -3.23. The fraction of sp³-hybridized carbons (Fsp3) is 0.136. The third kappa shape index (κ3) is 4.67. The van der Waals surface area contributed by atoms with Crippen LogP contribution < -0.4 is 10.1 Å². The van der Waals surface area contributed by atoms with Gasteiger partial charge in [0.1, 0.15) is 15.6 Å². The molecule has 2 aromatic heterocycles. The molecule has 4 rings (SSSR count). The number of nitrogens with zero attached hydrogens (tertiary/aromatic N) is 1. The number of carbonyl (C=O) groups is 2. The van der Waals surface area contributed by atoms with Gasteiger partial charge in [-0.25, -0.2) is 9.78 Å². The largest absolute Gasteiger partial charge is 0.497 e. The SMILES string of the molecule is COc1ccc(CNC(=O)COC(=O)c2ccc(-c3nc4ccccc4s3)s2)cc1. The first-order valence-electron chi connectivity index (χ1n) is 9.15. The number of rotatable bonds is 7. The van der Waals surface area contributed by atoms with Crippen molar-refractivity contribution in [2.75, 3.05) is 13.7 Å². The summed E-state index contributed by atoms with van der Waals surface area (Å²) >= 11 is 2.88. The molecule has 6 nitrogen and oxygen atoms in total. The molecule has 8 heteroatoms. The van der Waals surface area contributed by atoms with Crippen LogP contribution in [-0.2, 0) is 16.1 Å². The summed E-state index contributed by atoms with van der Waals surface area (Å²) in [5.74, 6) is -0.130. The fourth-order valence-electron chi connectivity index (χ4n) is 2.74. The second-order valence-corrected chi connectivity index (χ2v) is 8.47. The van der Waals surface area contributed by atoms with Crippen LogP contribution in [0.15, 0.2) is 60.7 Å². The average Bonchev–Trinajstić information content (AvgIpc) is 3.43. The molecule has 0 aliphatic carbocycles. The minimum atomic E-state index is -0.521. The van der Waals surface area contributed by atoms with Gasteiger partial charge in [0.2, 0.25) is 0 Å². The van der Waals surface area contributed by atoms with E-state index in [-0.39, 0.29) is 12.5 Å². The molecule has 0 unspecified atom stereocenters. The summed E-state index contributed by atoms with van der Waals surface area (Å²) in [4.78, 5) is 30.2. The lowest BCUT2D eigenvalue weighted by Crippen LogP contribution is -2.28. The average molecular weight is 439 g/mol. The molecule has 1 N–H and O–H groups in total. The second kappa shape index (κ2) is 9.06. The number of hydrogen-bond donors (Lipinski definition) is 1. The van der Waals surface area contributed by atoms with E-state index < -0.39 is 5.97 Å². The Morgan fingerprint density at radius 2 is 1.80 bits per heavy atom. The lowest BCUT2D eigenvalue weighted by atomic mass is 10.2. The van der Waals surface area contributed by atoms with Crippen LogP contribution in [0.2, 0.25) is 0 Å². The van der Waals surface area contributed by atoms with E-state index in [4.69, 9.17) is 9.47 Å². The monoisotopic (exact) mass is 438 g/mol. The van der Waals surface area contributed by atoms with E-state index in [2.05, 4.69) is 10.3 Å². The molecule has 0 spiro atoms. The third-order valence-electron chi connectivity index (χ3n) is 4.29. The number of benzene rings is 2. The number of hydrogen-bond acceptors (Lipinski definition) is 7. The molecule has 0 fully saturated rings. The highest BCUT2D eigenvalue weighted by Crippen LogP contribution is 2.34.